The predicted octanol–water partition coefficient (Wildman–Crippen LogP) is 2.21. The molecule has 6 heteroatoms. The molecule has 1 aliphatic heterocycles. The Hall–Kier alpha value is -2.34. The summed E-state index contributed by atoms with van der Waals surface area (Å²) in [5.74, 6) is 1.06. The third kappa shape index (κ3) is 2.69. The lowest BCUT2D eigenvalue weighted by atomic mass is 10.1. The maximum Gasteiger partial charge on any atom is 0.276 e. The van der Waals surface area contributed by atoms with Crippen molar-refractivity contribution in [2.24, 2.45) is 0 Å². The summed E-state index contributed by atoms with van der Waals surface area (Å²) in [7, 11) is 1.59. The predicted molar refractivity (Wildman–Crippen MR) is 79.8 cm³/mol. The molecule has 116 valence electrons. The van der Waals surface area contributed by atoms with Crippen molar-refractivity contribution in [2.45, 2.75) is 13.0 Å². The number of aromatic nitrogens is 1. The first-order chi connectivity index (χ1) is 10.7. The van der Waals surface area contributed by atoms with Crippen molar-refractivity contribution in [3.63, 3.8) is 0 Å². The van der Waals surface area contributed by atoms with E-state index >= 15 is 0 Å². The average Bonchev–Trinajstić information content (AvgIpc) is 3.04. The fourth-order valence-electron chi connectivity index (χ4n) is 2.53. The molecule has 1 aromatic heterocycles. The minimum Gasteiger partial charge on any atom is -0.496 e. The lowest BCUT2D eigenvalue weighted by molar-refractivity contribution is 0.00307. The Balaban J connectivity index is 1.86. The summed E-state index contributed by atoms with van der Waals surface area (Å²) in [5, 5.41) is 3.91. The highest BCUT2D eigenvalue weighted by atomic mass is 16.5. The number of carbonyl (C=O) groups excluding carboxylic acids is 1. The van der Waals surface area contributed by atoms with Gasteiger partial charge >= 0.3 is 0 Å². The van der Waals surface area contributed by atoms with E-state index in [1.165, 1.54) is 0 Å². The molecule has 1 saturated heterocycles. The smallest absolute Gasteiger partial charge is 0.276 e. The monoisotopic (exact) mass is 302 g/mol. The number of morpholine rings is 1. The van der Waals surface area contributed by atoms with Crippen molar-refractivity contribution in [3.8, 4) is 17.1 Å². The van der Waals surface area contributed by atoms with Crippen molar-refractivity contribution in [1.82, 2.24) is 10.1 Å². The molecule has 1 amide bonds. The van der Waals surface area contributed by atoms with Crippen LogP contribution in [0.25, 0.3) is 11.3 Å². The van der Waals surface area contributed by atoms with Gasteiger partial charge in [-0.15, -0.1) is 0 Å². The van der Waals surface area contributed by atoms with Gasteiger partial charge in [-0.1, -0.05) is 17.3 Å². The molecule has 0 radical (unpaired) electrons. The third-order valence-corrected chi connectivity index (χ3v) is 3.73. The van der Waals surface area contributed by atoms with E-state index < -0.39 is 0 Å². The van der Waals surface area contributed by atoms with Crippen LogP contribution in [-0.2, 0) is 4.74 Å². The van der Waals surface area contributed by atoms with Crippen molar-refractivity contribution < 1.29 is 18.8 Å². The lowest BCUT2D eigenvalue weighted by Gasteiger charge is -2.32. The minimum absolute atomic E-state index is 0.0349. The van der Waals surface area contributed by atoms with Gasteiger partial charge < -0.3 is 18.9 Å². The molecule has 22 heavy (non-hydrogen) atoms. The second kappa shape index (κ2) is 6.19. The average molecular weight is 302 g/mol. The first-order valence-corrected chi connectivity index (χ1v) is 7.19. The first-order valence-electron chi connectivity index (χ1n) is 7.19. The molecule has 2 aromatic rings. The lowest BCUT2D eigenvalue weighted by Crippen LogP contribution is -2.47. The summed E-state index contributed by atoms with van der Waals surface area (Å²) in [6.07, 6.45) is 0. The van der Waals surface area contributed by atoms with Gasteiger partial charge in [0.2, 0.25) is 0 Å². The standard InChI is InChI=1S/C16H18N2O4/c1-11-10-21-8-7-18(11)16(19)13-9-15(22-17-13)12-5-3-4-6-14(12)20-2/h3-6,9,11H,7-8,10H2,1-2H3/t11-/m0/s1. The Morgan fingerprint density at radius 1 is 1.41 bits per heavy atom. The number of para-hydroxylation sites is 1. The topological polar surface area (TPSA) is 64.8 Å². The summed E-state index contributed by atoms with van der Waals surface area (Å²) in [4.78, 5) is 14.3. The van der Waals surface area contributed by atoms with Crippen LogP contribution >= 0.6 is 0 Å². The van der Waals surface area contributed by atoms with Crippen LogP contribution in [0.4, 0.5) is 0 Å². The third-order valence-electron chi connectivity index (χ3n) is 3.73. The van der Waals surface area contributed by atoms with Crippen LogP contribution in [-0.4, -0.2) is 48.9 Å². The second-order valence-electron chi connectivity index (χ2n) is 5.20. The number of hydrogen-bond donors (Lipinski definition) is 0. The largest absolute Gasteiger partial charge is 0.496 e. The van der Waals surface area contributed by atoms with Gasteiger partial charge in [0.1, 0.15) is 5.75 Å². The molecule has 2 heterocycles. The van der Waals surface area contributed by atoms with E-state index in [9.17, 15) is 4.79 Å². The molecule has 0 bridgehead atoms. The van der Waals surface area contributed by atoms with Gasteiger partial charge in [0.25, 0.3) is 5.91 Å². The van der Waals surface area contributed by atoms with Crippen LogP contribution in [0.3, 0.4) is 0 Å². The van der Waals surface area contributed by atoms with E-state index in [0.717, 1.165) is 5.56 Å². The van der Waals surface area contributed by atoms with Gasteiger partial charge in [0, 0.05) is 12.6 Å². The molecule has 3 rings (SSSR count). The molecule has 0 unspecified atom stereocenters. The zero-order valence-corrected chi connectivity index (χ0v) is 12.6. The molecular formula is C16H18N2O4. The number of methoxy groups -OCH3 is 1. The van der Waals surface area contributed by atoms with Crippen molar-refractivity contribution in [3.05, 3.63) is 36.0 Å². The van der Waals surface area contributed by atoms with Crippen molar-refractivity contribution in [1.29, 1.82) is 0 Å². The summed E-state index contributed by atoms with van der Waals surface area (Å²) in [6, 6.07) is 9.15. The number of rotatable bonds is 3. The van der Waals surface area contributed by atoms with E-state index in [2.05, 4.69) is 5.16 Å². The second-order valence-corrected chi connectivity index (χ2v) is 5.20. The van der Waals surface area contributed by atoms with Crippen LogP contribution < -0.4 is 4.74 Å². The van der Waals surface area contributed by atoms with E-state index in [1.54, 1.807) is 18.1 Å². The minimum atomic E-state index is -0.138. The van der Waals surface area contributed by atoms with Crippen LogP contribution in [0.2, 0.25) is 0 Å². The van der Waals surface area contributed by atoms with E-state index in [4.69, 9.17) is 14.0 Å². The zero-order valence-electron chi connectivity index (χ0n) is 12.6. The van der Waals surface area contributed by atoms with Crippen LogP contribution in [0.1, 0.15) is 17.4 Å². The van der Waals surface area contributed by atoms with E-state index in [-0.39, 0.29) is 11.9 Å². The highest BCUT2D eigenvalue weighted by molar-refractivity contribution is 5.93. The van der Waals surface area contributed by atoms with Gasteiger partial charge in [-0.2, -0.15) is 0 Å². The molecule has 0 saturated carbocycles. The highest BCUT2D eigenvalue weighted by Gasteiger charge is 2.27. The molecule has 1 atom stereocenters. The first kappa shape index (κ1) is 14.6. The van der Waals surface area contributed by atoms with Gasteiger partial charge in [-0.3, -0.25) is 4.79 Å². The van der Waals surface area contributed by atoms with Crippen molar-refractivity contribution in [2.75, 3.05) is 26.9 Å². The SMILES string of the molecule is COc1ccccc1-c1cc(C(=O)N2CCOC[C@@H]2C)no1. The Bertz CT molecular complexity index is 668. The quantitative estimate of drug-likeness (QED) is 0.869. The van der Waals surface area contributed by atoms with Gasteiger partial charge in [0.15, 0.2) is 11.5 Å². The summed E-state index contributed by atoms with van der Waals surface area (Å²) < 4.78 is 16.0. The normalized spacial score (nSPS) is 18.3. The maximum absolute atomic E-state index is 12.5. The molecular weight excluding hydrogens is 284 g/mol. The Morgan fingerprint density at radius 3 is 3.00 bits per heavy atom. The van der Waals surface area contributed by atoms with Gasteiger partial charge in [0.05, 0.1) is 31.9 Å². The fraction of sp³-hybridized carbons (Fsp3) is 0.375. The Labute approximate surface area is 128 Å². The van der Waals surface area contributed by atoms with Crippen LogP contribution in [0, 0.1) is 0 Å². The highest BCUT2D eigenvalue weighted by Crippen LogP contribution is 2.30. The maximum atomic E-state index is 12.5. The number of hydrogen-bond acceptors (Lipinski definition) is 5. The Kier molecular flexibility index (Phi) is 4.11. The number of ether oxygens (including phenoxy) is 2. The number of amides is 1. The summed E-state index contributed by atoms with van der Waals surface area (Å²) in [5.41, 5.74) is 1.07. The Morgan fingerprint density at radius 2 is 2.23 bits per heavy atom. The number of nitrogens with zero attached hydrogens (tertiary/aromatic N) is 2. The zero-order chi connectivity index (χ0) is 15.5. The van der Waals surface area contributed by atoms with Crippen LogP contribution in [0.15, 0.2) is 34.9 Å². The van der Waals surface area contributed by atoms with E-state index in [0.29, 0.717) is 37.0 Å². The molecule has 0 N–H and O–H groups in total. The molecule has 1 aliphatic rings. The van der Waals surface area contributed by atoms with Gasteiger partial charge in [-0.05, 0) is 19.1 Å². The fourth-order valence-corrected chi connectivity index (χ4v) is 2.53. The van der Waals surface area contributed by atoms with Crippen LogP contribution in [0.5, 0.6) is 5.75 Å². The van der Waals surface area contributed by atoms with Gasteiger partial charge in [-0.25, -0.2) is 0 Å². The number of carbonyl (C=O) groups is 1. The van der Waals surface area contributed by atoms with E-state index in [1.807, 2.05) is 31.2 Å². The molecule has 1 fully saturated rings. The van der Waals surface area contributed by atoms with Crippen molar-refractivity contribution >= 4 is 5.91 Å². The molecule has 0 spiro atoms. The summed E-state index contributed by atoms with van der Waals surface area (Å²) >= 11 is 0. The number of benzene rings is 1. The summed E-state index contributed by atoms with van der Waals surface area (Å²) in [6.45, 7) is 3.62. The molecule has 0 aliphatic carbocycles. The molecule has 6 nitrogen and oxygen atoms in total. The molecule has 1 aromatic carbocycles.